The minimum Gasteiger partial charge on any atom is -0.390 e. The highest BCUT2D eigenvalue weighted by atomic mass is 35.5. The number of fused-ring (bicyclic) bond motifs is 1. The summed E-state index contributed by atoms with van der Waals surface area (Å²) in [6, 6.07) is 5.96. The van der Waals surface area contributed by atoms with Crippen LogP contribution in [-0.2, 0) is 5.41 Å². The SMILES string of the molecule is CC1=[N+](CCO)c2ccc(Cl)cc2C1(C)C. The smallest absolute Gasteiger partial charge is 0.209 e. The Balaban J connectivity index is 2.62. The fourth-order valence-corrected chi connectivity index (χ4v) is 2.52. The van der Waals surface area contributed by atoms with Crippen LogP contribution < -0.4 is 0 Å². The molecule has 2 rings (SSSR count). The zero-order valence-electron chi connectivity index (χ0n) is 9.92. The zero-order valence-corrected chi connectivity index (χ0v) is 10.7. The Bertz CT molecular complexity index is 463. The van der Waals surface area contributed by atoms with Crippen molar-refractivity contribution in [2.75, 3.05) is 13.2 Å². The van der Waals surface area contributed by atoms with E-state index in [0.717, 1.165) is 5.02 Å². The summed E-state index contributed by atoms with van der Waals surface area (Å²) in [5.74, 6) is 0. The number of aliphatic hydroxyl groups excluding tert-OH is 1. The Morgan fingerprint density at radius 2 is 2.06 bits per heavy atom. The van der Waals surface area contributed by atoms with Gasteiger partial charge in [0.25, 0.3) is 0 Å². The lowest BCUT2D eigenvalue weighted by Gasteiger charge is -2.14. The first-order valence-electron chi connectivity index (χ1n) is 5.51. The van der Waals surface area contributed by atoms with Crippen LogP contribution in [0.2, 0.25) is 5.02 Å². The van der Waals surface area contributed by atoms with Gasteiger partial charge in [-0.3, -0.25) is 0 Å². The molecule has 0 spiro atoms. The van der Waals surface area contributed by atoms with Crippen LogP contribution in [0, 0.1) is 0 Å². The molecule has 1 aliphatic heterocycles. The first kappa shape index (κ1) is 11.6. The number of nitrogens with zero attached hydrogens (tertiary/aromatic N) is 1. The summed E-state index contributed by atoms with van der Waals surface area (Å²) in [7, 11) is 0. The lowest BCUT2D eigenvalue weighted by Crippen LogP contribution is -2.27. The Kier molecular flexibility index (Phi) is 2.81. The molecule has 0 bridgehead atoms. The van der Waals surface area contributed by atoms with Crippen LogP contribution in [0.5, 0.6) is 0 Å². The van der Waals surface area contributed by atoms with Crippen LogP contribution in [0.4, 0.5) is 5.69 Å². The highest BCUT2D eigenvalue weighted by molar-refractivity contribution is 6.30. The topological polar surface area (TPSA) is 23.2 Å². The van der Waals surface area contributed by atoms with Gasteiger partial charge in [-0.2, -0.15) is 4.58 Å². The zero-order chi connectivity index (χ0) is 11.9. The van der Waals surface area contributed by atoms with Crippen molar-refractivity contribution in [3.63, 3.8) is 0 Å². The third-order valence-corrected chi connectivity index (χ3v) is 3.79. The molecule has 1 aromatic carbocycles. The summed E-state index contributed by atoms with van der Waals surface area (Å²) >= 11 is 6.05. The molecular weight excluding hydrogens is 222 g/mol. The Morgan fingerprint density at radius 1 is 1.38 bits per heavy atom. The maximum absolute atomic E-state index is 9.11. The molecule has 0 amide bonds. The van der Waals surface area contributed by atoms with Crippen molar-refractivity contribution in [2.45, 2.75) is 26.2 Å². The van der Waals surface area contributed by atoms with Crippen LogP contribution in [-0.4, -0.2) is 28.5 Å². The fraction of sp³-hybridized carbons (Fsp3) is 0.462. The molecule has 1 aliphatic rings. The van der Waals surface area contributed by atoms with Gasteiger partial charge in [0.1, 0.15) is 6.61 Å². The second-order valence-electron chi connectivity index (χ2n) is 4.75. The molecule has 86 valence electrons. The summed E-state index contributed by atoms with van der Waals surface area (Å²) in [6.07, 6.45) is 0. The van der Waals surface area contributed by atoms with Crippen molar-refractivity contribution in [1.29, 1.82) is 0 Å². The van der Waals surface area contributed by atoms with Crippen molar-refractivity contribution in [1.82, 2.24) is 0 Å². The maximum atomic E-state index is 9.11. The quantitative estimate of drug-likeness (QED) is 0.787. The Labute approximate surface area is 101 Å². The van der Waals surface area contributed by atoms with Crippen molar-refractivity contribution in [3.8, 4) is 0 Å². The van der Waals surface area contributed by atoms with Gasteiger partial charge in [-0.25, -0.2) is 0 Å². The summed E-state index contributed by atoms with van der Waals surface area (Å²) in [6.45, 7) is 7.30. The van der Waals surface area contributed by atoms with E-state index in [2.05, 4.69) is 25.3 Å². The lowest BCUT2D eigenvalue weighted by atomic mass is 9.82. The van der Waals surface area contributed by atoms with E-state index in [1.807, 2.05) is 18.2 Å². The van der Waals surface area contributed by atoms with E-state index in [-0.39, 0.29) is 12.0 Å². The van der Waals surface area contributed by atoms with Crippen LogP contribution in [0.3, 0.4) is 0 Å². The molecule has 0 saturated heterocycles. The lowest BCUT2D eigenvalue weighted by molar-refractivity contribution is -0.442. The summed E-state index contributed by atoms with van der Waals surface area (Å²) in [4.78, 5) is 0. The molecule has 0 aromatic heterocycles. The normalized spacial score (nSPS) is 17.8. The molecule has 1 heterocycles. The van der Waals surface area contributed by atoms with E-state index in [4.69, 9.17) is 16.7 Å². The van der Waals surface area contributed by atoms with E-state index in [1.165, 1.54) is 17.0 Å². The van der Waals surface area contributed by atoms with E-state index >= 15 is 0 Å². The predicted molar refractivity (Wildman–Crippen MR) is 67.0 cm³/mol. The first-order valence-corrected chi connectivity index (χ1v) is 5.88. The van der Waals surface area contributed by atoms with Crippen molar-refractivity contribution in [3.05, 3.63) is 28.8 Å². The maximum Gasteiger partial charge on any atom is 0.209 e. The van der Waals surface area contributed by atoms with Crippen LogP contribution in [0.25, 0.3) is 0 Å². The molecule has 0 atom stereocenters. The van der Waals surface area contributed by atoms with Crippen molar-refractivity contribution in [2.24, 2.45) is 0 Å². The third-order valence-electron chi connectivity index (χ3n) is 3.56. The van der Waals surface area contributed by atoms with Crippen LogP contribution in [0.1, 0.15) is 26.3 Å². The standard InChI is InChI=1S/C13H17ClNO/c1-9-13(2,3)11-8-10(14)4-5-12(11)15(9)6-7-16/h4-5,8,16H,6-7H2,1-3H3/q+1. The van der Waals surface area contributed by atoms with Crippen LogP contribution in [0.15, 0.2) is 18.2 Å². The average molecular weight is 239 g/mol. The van der Waals surface area contributed by atoms with Crippen molar-refractivity contribution >= 4 is 23.0 Å². The first-order chi connectivity index (χ1) is 7.48. The number of halogens is 1. The summed E-state index contributed by atoms with van der Waals surface area (Å²) in [5, 5.41) is 9.88. The largest absolute Gasteiger partial charge is 0.390 e. The molecule has 0 fully saturated rings. The second kappa shape index (κ2) is 3.86. The van der Waals surface area contributed by atoms with Gasteiger partial charge in [0.05, 0.1) is 5.41 Å². The second-order valence-corrected chi connectivity index (χ2v) is 5.18. The summed E-state index contributed by atoms with van der Waals surface area (Å²) < 4.78 is 2.17. The van der Waals surface area contributed by atoms with Crippen LogP contribution >= 0.6 is 11.6 Å². The molecule has 0 saturated carbocycles. The minimum atomic E-state index is -0.00456. The molecule has 0 radical (unpaired) electrons. The minimum absolute atomic E-state index is 0.00456. The van der Waals surface area contributed by atoms with E-state index < -0.39 is 0 Å². The Hall–Kier alpha value is -0.860. The third kappa shape index (κ3) is 1.57. The van der Waals surface area contributed by atoms with E-state index in [9.17, 15) is 0 Å². The van der Waals surface area contributed by atoms with E-state index in [0.29, 0.717) is 6.54 Å². The Morgan fingerprint density at radius 3 is 2.69 bits per heavy atom. The number of hydrogen-bond acceptors (Lipinski definition) is 1. The van der Waals surface area contributed by atoms with Gasteiger partial charge in [-0.05, 0) is 26.0 Å². The number of aliphatic hydroxyl groups is 1. The molecule has 16 heavy (non-hydrogen) atoms. The van der Waals surface area contributed by atoms with Crippen molar-refractivity contribution < 1.29 is 9.68 Å². The molecule has 0 aliphatic carbocycles. The molecule has 3 heteroatoms. The highest BCUT2D eigenvalue weighted by Gasteiger charge is 2.42. The molecule has 2 nitrogen and oxygen atoms in total. The molecule has 1 N–H and O–H groups in total. The number of hydrogen-bond donors (Lipinski definition) is 1. The van der Waals surface area contributed by atoms with Gasteiger partial charge < -0.3 is 5.11 Å². The number of β-amino-alcohol motifs (C(OH)–C–C–N with tert-alkyl or cyclic N) is 1. The molecule has 0 unspecified atom stereocenters. The predicted octanol–water partition coefficient (Wildman–Crippen LogP) is 2.73. The fourth-order valence-electron chi connectivity index (χ4n) is 2.35. The van der Waals surface area contributed by atoms with Gasteiger partial charge >= 0.3 is 0 Å². The van der Waals surface area contributed by atoms with Gasteiger partial charge in [-0.15, -0.1) is 0 Å². The number of rotatable bonds is 2. The molecular formula is C13H17ClNO+. The monoisotopic (exact) mass is 238 g/mol. The van der Waals surface area contributed by atoms with Gasteiger partial charge in [0.2, 0.25) is 5.69 Å². The van der Waals surface area contributed by atoms with Gasteiger partial charge in [-0.1, -0.05) is 11.6 Å². The van der Waals surface area contributed by atoms with Gasteiger partial charge in [0.15, 0.2) is 12.3 Å². The summed E-state index contributed by atoms with van der Waals surface area (Å²) in [5.41, 5.74) is 3.67. The average Bonchev–Trinajstić information content (AvgIpc) is 2.41. The number of benzene rings is 1. The van der Waals surface area contributed by atoms with E-state index in [1.54, 1.807) is 0 Å². The van der Waals surface area contributed by atoms with Gasteiger partial charge in [0, 0.05) is 23.6 Å². The highest BCUT2D eigenvalue weighted by Crippen LogP contribution is 2.40. The molecule has 1 aromatic rings.